The highest BCUT2D eigenvalue weighted by Gasteiger charge is 2.29. The van der Waals surface area contributed by atoms with Crippen molar-refractivity contribution >= 4 is 11.7 Å². The number of benzene rings is 1. The molecule has 0 amide bonds. The highest BCUT2D eigenvalue weighted by molar-refractivity contribution is 6.08. The minimum Gasteiger partial charge on any atom is -0.475 e. The van der Waals surface area contributed by atoms with Gasteiger partial charge < -0.3 is 4.74 Å². The van der Waals surface area contributed by atoms with Crippen molar-refractivity contribution in [3.8, 4) is 0 Å². The third-order valence-electron chi connectivity index (χ3n) is 2.80. The summed E-state index contributed by atoms with van der Waals surface area (Å²) >= 11 is 0. The molecule has 1 aliphatic rings. The molecule has 2 rings (SSSR count). The van der Waals surface area contributed by atoms with Gasteiger partial charge >= 0.3 is 0 Å². The summed E-state index contributed by atoms with van der Waals surface area (Å²) in [6, 6.07) is 4.12. The summed E-state index contributed by atoms with van der Waals surface area (Å²) in [6.45, 7) is 6.12. The zero-order chi connectivity index (χ0) is 13.3. The molecule has 0 saturated carbocycles. The summed E-state index contributed by atoms with van der Waals surface area (Å²) in [5, 5.41) is 0. The van der Waals surface area contributed by atoms with Gasteiger partial charge in [-0.25, -0.2) is 9.38 Å². The SMILES string of the molecule is CCC(=O)c1cc(F)ccc1C1=NC(C)(C)CO1. The molecule has 0 unspecified atom stereocenters. The molecule has 1 aromatic carbocycles. The third kappa shape index (κ3) is 2.42. The van der Waals surface area contributed by atoms with Crippen LogP contribution < -0.4 is 0 Å². The minimum atomic E-state index is -0.423. The highest BCUT2D eigenvalue weighted by Crippen LogP contribution is 2.23. The molecular formula is C14H16FNO2. The largest absolute Gasteiger partial charge is 0.475 e. The van der Waals surface area contributed by atoms with Gasteiger partial charge in [-0.05, 0) is 32.0 Å². The standard InChI is InChI=1S/C14H16FNO2/c1-4-12(17)11-7-9(15)5-6-10(11)13-16-14(2,3)8-18-13/h5-7H,4,8H2,1-3H3. The number of carbonyl (C=O) groups is 1. The van der Waals surface area contributed by atoms with E-state index in [1.54, 1.807) is 13.0 Å². The Balaban J connectivity index is 2.48. The molecule has 0 N–H and O–H groups in total. The number of carbonyl (C=O) groups excluding carboxylic acids is 1. The Kier molecular flexibility index (Phi) is 3.20. The van der Waals surface area contributed by atoms with Crippen LogP contribution in [0.4, 0.5) is 4.39 Å². The molecule has 1 aliphatic heterocycles. The Morgan fingerprint density at radius 1 is 1.50 bits per heavy atom. The molecule has 0 fully saturated rings. The summed E-state index contributed by atoms with van der Waals surface area (Å²) < 4.78 is 18.8. The van der Waals surface area contributed by atoms with Crippen LogP contribution in [0.1, 0.15) is 43.1 Å². The lowest BCUT2D eigenvalue weighted by Gasteiger charge is -2.08. The second kappa shape index (κ2) is 4.52. The van der Waals surface area contributed by atoms with Gasteiger partial charge in [0.1, 0.15) is 12.4 Å². The molecule has 4 heteroatoms. The predicted octanol–water partition coefficient (Wildman–Crippen LogP) is 2.97. The van der Waals surface area contributed by atoms with Gasteiger partial charge in [0.2, 0.25) is 5.90 Å². The van der Waals surface area contributed by atoms with Crippen LogP contribution >= 0.6 is 0 Å². The molecule has 0 bridgehead atoms. The lowest BCUT2D eigenvalue weighted by molar-refractivity contribution is 0.0987. The summed E-state index contributed by atoms with van der Waals surface area (Å²) in [5.74, 6) is -0.106. The molecule has 0 aliphatic carbocycles. The normalized spacial score (nSPS) is 17.2. The number of hydrogen-bond acceptors (Lipinski definition) is 3. The number of rotatable bonds is 3. The molecule has 96 valence electrons. The number of halogens is 1. The maximum atomic E-state index is 13.2. The topological polar surface area (TPSA) is 38.7 Å². The zero-order valence-corrected chi connectivity index (χ0v) is 10.8. The number of Topliss-reactive ketones (excluding diaryl/α,β-unsaturated/α-hetero) is 1. The van der Waals surface area contributed by atoms with E-state index in [-0.39, 0.29) is 11.3 Å². The zero-order valence-electron chi connectivity index (χ0n) is 10.8. The van der Waals surface area contributed by atoms with E-state index in [0.717, 1.165) is 0 Å². The van der Waals surface area contributed by atoms with Gasteiger partial charge in [0.15, 0.2) is 5.78 Å². The van der Waals surface area contributed by atoms with Crippen LogP contribution in [0, 0.1) is 5.82 Å². The predicted molar refractivity (Wildman–Crippen MR) is 67.6 cm³/mol. The first-order valence-electron chi connectivity index (χ1n) is 5.99. The molecule has 0 radical (unpaired) electrons. The van der Waals surface area contributed by atoms with Gasteiger partial charge in [0.05, 0.1) is 5.54 Å². The fourth-order valence-electron chi connectivity index (χ4n) is 1.85. The maximum Gasteiger partial charge on any atom is 0.217 e. The van der Waals surface area contributed by atoms with Crippen LogP contribution in [-0.4, -0.2) is 23.8 Å². The van der Waals surface area contributed by atoms with Crippen molar-refractivity contribution in [2.75, 3.05) is 6.61 Å². The fourth-order valence-corrected chi connectivity index (χ4v) is 1.85. The van der Waals surface area contributed by atoms with Gasteiger partial charge in [0.25, 0.3) is 0 Å². The molecule has 0 atom stereocenters. The van der Waals surface area contributed by atoms with Gasteiger partial charge in [0, 0.05) is 17.5 Å². The number of ether oxygens (including phenoxy) is 1. The number of hydrogen-bond donors (Lipinski definition) is 0. The number of aliphatic imine (C=N–C) groups is 1. The molecule has 0 spiro atoms. The summed E-state index contributed by atoms with van der Waals surface area (Å²) in [5.41, 5.74) is 0.624. The molecular weight excluding hydrogens is 233 g/mol. The monoisotopic (exact) mass is 249 g/mol. The van der Waals surface area contributed by atoms with Crippen molar-refractivity contribution in [2.24, 2.45) is 4.99 Å². The lowest BCUT2D eigenvalue weighted by Crippen LogP contribution is -2.17. The number of nitrogens with zero attached hydrogens (tertiary/aromatic N) is 1. The Labute approximate surface area is 106 Å². The molecule has 0 aromatic heterocycles. The van der Waals surface area contributed by atoms with E-state index in [4.69, 9.17) is 4.74 Å². The quantitative estimate of drug-likeness (QED) is 0.772. The van der Waals surface area contributed by atoms with Crippen LogP contribution in [0.5, 0.6) is 0 Å². The van der Waals surface area contributed by atoms with E-state index in [9.17, 15) is 9.18 Å². The van der Waals surface area contributed by atoms with Gasteiger partial charge in [-0.1, -0.05) is 6.92 Å². The maximum absolute atomic E-state index is 13.2. The Morgan fingerprint density at radius 3 is 2.78 bits per heavy atom. The van der Waals surface area contributed by atoms with E-state index in [1.165, 1.54) is 12.1 Å². The van der Waals surface area contributed by atoms with Crippen molar-refractivity contribution in [2.45, 2.75) is 32.7 Å². The van der Waals surface area contributed by atoms with Crippen LogP contribution in [0.15, 0.2) is 23.2 Å². The number of ketones is 1. The van der Waals surface area contributed by atoms with Crippen molar-refractivity contribution in [1.29, 1.82) is 0 Å². The first kappa shape index (κ1) is 12.7. The Bertz CT molecular complexity index is 521. The van der Waals surface area contributed by atoms with Gasteiger partial charge in [-0.2, -0.15) is 0 Å². The second-order valence-electron chi connectivity index (χ2n) is 4.98. The average Bonchev–Trinajstić information content (AvgIpc) is 2.68. The molecule has 1 heterocycles. The highest BCUT2D eigenvalue weighted by atomic mass is 19.1. The Morgan fingerprint density at radius 2 is 2.22 bits per heavy atom. The minimum absolute atomic E-state index is 0.111. The van der Waals surface area contributed by atoms with E-state index in [2.05, 4.69) is 4.99 Å². The fraction of sp³-hybridized carbons (Fsp3) is 0.429. The van der Waals surface area contributed by atoms with Gasteiger partial charge in [-0.15, -0.1) is 0 Å². The average molecular weight is 249 g/mol. The summed E-state index contributed by atoms with van der Waals surface area (Å²) in [4.78, 5) is 16.2. The van der Waals surface area contributed by atoms with Crippen LogP contribution in [0.3, 0.4) is 0 Å². The summed E-state index contributed by atoms with van der Waals surface area (Å²) in [6.07, 6.45) is 0.327. The molecule has 3 nitrogen and oxygen atoms in total. The second-order valence-corrected chi connectivity index (χ2v) is 4.98. The molecule has 1 aromatic rings. The van der Waals surface area contributed by atoms with Crippen LogP contribution in [-0.2, 0) is 4.74 Å². The van der Waals surface area contributed by atoms with Crippen LogP contribution in [0.2, 0.25) is 0 Å². The van der Waals surface area contributed by atoms with Crippen molar-refractivity contribution < 1.29 is 13.9 Å². The van der Waals surface area contributed by atoms with Gasteiger partial charge in [-0.3, -0.25) is 4.79 Å². The first-order chi connectivity index (χ1) is 8.43. The first-order valence-corrected chi connectivity index (χ1v) is 5.99. The molecule has 0 saturated heterocycles. The van der Waals surface area contributed by atoms with E-state index < -0.39 is 5.82 Å². The Hall–Kier alpha value is -1.71. The molecule has 18 heavy (non-hydrogen) atoms. The van der Waals surface area contributed by atoms with E-state index in [0.29, 0.717) is 30.1 Å². The van der Waals surface area contributed by atoms with Crippen molar-refractivity contribution in [3.05, 3.63) is 35.1 Å². The van der Waals surface area contributed by atoms with E-state index in [1.807, 2.05) is 13.8 Å². The lowest BCUT2D eigenvalue weighted by atomic mass is 10.0. The smallest absolute Gasteiger partial charge is 0.217 e. The van der Waals surface area contributed by atoms with Crippen LogP contribution in [0.25, 0.3) is 0 Å². The van der Waals surface area contributed by atoms with E-state index >= 15 is 0 Å². The van der Waals surface area contributed by atoms with Crippen molar-refractivity contribution in [1.82, 2.24) is 0 Å². The van der Waals surface area contributed by atoms with Crippen molar-refractivity contribution in [3.63, 3.8) is 0 Å². The third-order valence-corrected chi connectivity index (χ3v) is 2.80. The summed E-state index contributed by atoms with van der Waals surface area (Å²) in [7, 11) is 0.